The molecule has 20 nitrogen and oxygen atoms in total. The first-order chi connectivity index (χ1) is 65.5. The van der Waals surface area contributed by atoms with Gasteiger partial charge in [0.05, 0.1) is 50.6 Å². The average molecular weight is 1940 g/mol. The minimum atomic E-state index is -5.02. The minimum Gasteiger partial charge on any atom is -0.451 e. The number of carbonyl (C=O) groups excluding carboxylic acids is 3. The van der Waals surface area contributed by atoms with Gasteiger partial charge in [-0.25, -0.2) is 18.5 Å². The number of benzene rings is 6. The molecule has 2 heterocycles. The van der Waals surface area contributed by atoms with Gasteiger partial charge in [-0.1, -0.05) is 451 Å². The van der Waals surface area contributed by atoms with Gasteiger partial charge in [-0.2, -0.15) is 0 Å². The number of phosphoric ester groups is 1. The Morgan fingerprint density at radius 3 is 1.25 bits per heavy atom. The predicted molar refractivity (Wildman–Crippen MR) is 534 cm³/mol. The van der Waals surface area contributed by atoms with Crippen molar-refractivity contribution in [2.75, 3.05) is 39.7 Å². The summed E-state index contributed by atoms with van der Waals surface area (Å²) in [6.45, 7) is 7.03. The summed E-state index contributed by atoms with van der Waals surface area (Å²) >= 11 is 18.8. The number of aliphatic hydroxyl groups excluding tert-OH is 1. The van der Waals surface area contributed by atoms with E-state index in [1.807, 2.05) is 121 Å². The zero-order valence-corrected chi connectivity index (χ0v) is 84.0. The molecular formula is C109H161Cl3FN2O18P. The molecule has 2 amide bonds. The van der Waals surface area contributed by atoms with Crippen LogP contribution in [-0.2, 0) is 79.3 Å². The summed E-state index contributed by atoms with van der Waals surface area (Å²) in [5.74, 6) is -1.29. The number of alkyl carbamates (subject to hydrolysis) is 1. The van der Waals surface area contributed by atoms with E-state index in [9.17, 15) is 9.90 Å². The standard InChI is InChI=1S/C109H161Cl3FN2O18P/c1-5-9-13-17-21-25-29-33-37-59-77-121-90(68-52-34-30-26-22-18-14-10-6-2)75-79-123-104-99(115-108(119)127-85-109(110,111)112)107(129-95(81-113)102(104)133-134(120,131-92-70-55-42-56-71-92)132-93-72-57-43-58-73-93)126-84-96-100(117)103(122-78-76-91(124-82-86-60-44-38-45-61-86)69-53-35-31-27-23-19-15-11-7-3)98(105(128-96)106(118)130-101(88-64-48-40-49-65-88)89-66-50-41-51-67-89)114-97(116)80-94(125-83-87-62-46-39-47-63-87)74-54-36-32-28-24-20-16-12-8-4/h38-51,55-58,60-67,70-73,90-91,94-96,98-105,107,117H,5-37,52-54,59,68-69,74-85H2,1-4H3,(H,114,116)(H,115,119)/t90-,91-,94-,95-,96-,98-,99-,100-,102-,103-,104-,105+,107-/m1/s1. The van der Waals surface area contributed by atoms with E-state index in [4.69, 9.17) is 95.7 Å². The second-order valence-corrected chi connectivity index (χ2v) is 40.3. The van der Waals surface area contributed by atoms with Gasteiger partial charge in [0.15, 0.2) is 18.5 Å². The zero-order chi connectivity index (χ0) is 95.2. The Hall–Kier alpha value is -6.24. The third kappa shape index (κ3) is 46.2. The van der Waals surface area contributed by atoms with E-state index >= 15 is 18.5 Å². The topological polar surface area (TPSA) is 233 Å². The fourth-order valence-electron chi connectivity index (χ4n) is 17.5. The number of aliphatic hydroxyl groups is 1. The van der Waals surface area contributed by atoms with Crippen LogP contribution in [0.15, 0.2) is 182 Å². The summed E-state index contributed by atoms with van der Waals surface area (Å²) in [7, 11) is -5.02. The number of halogens is 4. The van der Waals surface area contributed by atoms with Gasteiger partial charge in [0.1, 0.15) is 67.4 Å². The lowest BCUT2D eigenvalue weighted by Gasteiger charge is -2.47. The quantitative estimate of drug-likeness (QED) is 0.0139. The molecule has 0 aliphatic carbocycles. The van der Waals surface area contributed by atoms with E-state index in [1.165, 1.54) is 128 Å². The smallest absolute Gasteiger partial charge is 0.451 e. The molecule has 0 spiro atoms. The van der Waals surface area contributed by atoms with Gasteiger partial charge in [-0.05, 0) is 85.0 Å². The highest BCUT2D eigenvalue weighted by Crippen LogP contribution is 2.53. The van der Waals surface area contributed by atoms with Crippen LogP contribution >= 0.6 is 42.6 Å². The molecule has 6 aromatic rings. The second-order valence-electron chi connectivity index (χ2n) is 36.4. The number of alkyl halides is 4. The predicted octanol–water partition coefficient (Wildman–Crippen LogP) is 27.9. The molecule has 2 fully saturated rings. The second kappa shape index (κ2) is 68.8. The molecule has 2 aliphatic rings. The van der Waals surface area contributed by atoms with Gasteiger partial charge in [-0.15, -0.1) is 0 Å². The molecule has 2 saturated heterocycles. The largest absolute Gasteiger partial charge is 0.588 e. The molecule has 6 aromatic carbocycles. The van der Waals surface area contributed by atoms with Gasteiger partial charge in [0.25, 0.3) is 0 Å². The third-order valence-corrected chi connectivity index (χ3v) is 26.8. The van der Waals surface area contributed by atoms with Crippen LogP contribution in [-0.4, -0.2) is 146 Å². The highest BCUT2D eigenvalue weighted by atomic mass is 35.6. The fourth-order valence-corrected chi connectivity index (χ4v) is 19.1. The monoisotopic (exact) mass is 1940 g/mol. The SMILES string of the molecule is CCCCCCCCCCCCO[C@H](CCCCCCCCCCC)CCO[C@@H]1[C@@H](NC(=O)OCC(Cl)(Cl)Cl)[C@H](OC[C@H]2O[C@H](C(=O)OC(c3ccccc3)c3ccccc3)[C@H](NC(=O)C[C@@H](CCCCCCCCCCC)OCc3ccccc3)[C@@H](OCC[C@@H](CCCCCCCCCCC)OCc3ccccc3)[C@@H]2O)O[C@H](CF)[C@H]1OP(=O)(Oc1ccccc1)Oc1ccccc1. The Morgan fingerprint density at radius 2 is 0.813 bits per heavy atom. The normalized spacial score (nSPS) is 19.4. The number of unbranched alkanes of at least 4 members (excludes halogenated alkanes) is 33. The molecule has 0 saturated carbocycles. The van der Waals surface area contributed by atoms with E-state index in [2.05, 4.69) is 38.3 Å². The molecule has 25 heteroatoms. The van der Waals surface area contributed by atoms with Gasteiger partial charge in [0.2, 0.25) is 9.70 Å². The number of rotatable bonds is 75. The summed E-state index contributed by atoms with van der Waals surface area (Å²) < 4.78 is 117. The number of esters is 1. The highest BCUT2D eigenvalue weighted by Gasteiger charge is 2.56. The van der Waals surface area contributed by atoms with Crippen molar-refractivity contribution in [3.8, 4) is 11.5 Å². The van der Waals surface area contributed by atoms with Crippen LogP contribution in [0.2, 0.25) is 0 Å². The molecular weight excluding hydrogens is 1780 g/mol. The van der Waals surface area contributed by atoms with Crippen molar-refractivity contribution in [2.24, 2.45) is 0 Å². The van der Waals surface area contributed by atoms with Crippen LogP contribution < -0.4 is 19.7 Å². The van der Waals surface area contributed by atoms with E-state index in [-0.39, 0.29) is 49.9 Å². The molecule has 0 unspecified atom stereocenters. The van der Waals surface area contributed by atoms with Crippen molar-refractivity contribution >= 4 is 60.6 Å². The molecule has 134 heavy (non-hydrogen) atoms. The lowest BCUT2D eigenvalue weighted by atomic mass is 9.91. The van der Waals surface area contributed by atoms with Crippen LogP contribution in [0.25, 0.3) is 0 Å². The third-order valence-electron chi connectivity index (χ3n) is 25.1. The zero-order valence-electron chi connectivity index (χ0n) is 80.8. The van der Waals surface area contributed by atoms with Crippen molar-refractivity contribution in [2.45, 2.75) is 406 Å². The number of ether oxygens (including phenoxy) is 10. The summed E-state index contributed by atoms with van der Waals surface area (Å²) in [6, 6.07) is 51.5. The minimum absolute atomic E-state index is 0.0404. The lowest BCUT2D eigenvalue weighted by Crippen LogP contribution is -2.68. The first-order valence-corrected chi connectivity index (χ1v) is 53.8. The van der Waals surface area contributed by atoms with Crippen LogP contribution in [0.1, 0.15) is 332 Å². The fraction of sp³-hybridized carbons (Fsp3) is 0.642. The maximum absolute atomic E-state index is 17.0. The van der Waals surface area contributed by atoms with Crippen LogP contribution in [0.4, 0.5) is 9.18 Å². The maximum Gasteiger partial charge on any atom is 0.588 e. The highest BCUT2D eigenvalue weighted by molar-refractivity contribution is 7.49. The van der Waals surface area contributed by atoms with Crippen LogP contribution in [0.5, 0.6) is 11.5 Å². The lowest BCUT2D eigenvalue weighted by molar-refractivity contribution is -0.286. The summed E-state index contributed by atoms with van der Waals surface area (Å²) in [5.41, 5.74) is 3.18. The Bertz CT molecular complexity index is 3910. The van der Waals surface area contributed by atoms with E-state index in [0.717, 1.165) is 120 Å². The Morgan fingerprint density at radius 1 is 0.425 bits per heavy atom. The number of para-hydroxylation sites is 2. The summed E-state index contributed by atoms with van der Waals surface area (Å²) in [5, 5.41) is 19.6. The Labute approximate surface area is 817 Å². The van der Waals surface area contributed by atoms with E-state index in [1.54, 1.807) is 60.7 Å². The Kier molecular flexibility index (Phi) is 58.0. The number of hydrogen-bond acceptors (Lipinski definition) is 18. The van der Waals surface area contributed by atoms with Gasteiger partial charge in [0, 0.05) is 19.8 Å². The Balaban J connectivity index is 1.19. The number of phosphoric acid groups is 1. The van der Waals surface area contributed by atoms with Crippen molar-refractivity contribution in [1.29, 1.82) is 0 Å². The molecule has 0 radical (unpaired) electrons. The van der Waals surface area contributed by atoms with Gasteiger partial charge in [-0.3, -0.25) is 9.32 Å². The molecule has 748 valence electrons. The van der Waals surface area contributed by atoms with Crippen molar-refractivity contribution in [1.82, 2.24) is 10.6 Å². The van der Waals surface area contributed by atoms with Crippen molar-refractivity contribution in [3.63, 3.8) is 0 Å². The van der Waals surface area contributed by atoms with Crippen molar-refractivity contribution in [3.05, 3.63) is 204 Å². The van der Waals surface area contributed by atoms with E-state index in [0.29, 0.717) is 56.4 Å². The molecule has 3 N–H and O–H groups in total. The molecule has 13 atom stereocenters. The molecule has 0 aromatic heterocycles. The maximum atomic E-state index is 17.0. The number of carbonyl (C=O) groups is 3. The summed E-state index contributed by atoms with van der Waals surface area (Å²) in [6.07, 6.45) is 27.3. The molecule has 0 bridgehead atoms. The van der Waals surface area contributed by atoms with Crippen LogP contribution in [0, 0.1) is 0 Å². The first kappa shape index (κ1) is 113. The average Bonchev–Trinajstić information content (AvgIpc) is 0.772. The molecule has 8 rings (SSSR count). The van der Waals surface area contributed by atoms with E-state index < -0.39 is 123 Å². The van der Waals surface area contributed by atoms with Crippen LogP contribution in [0.3, 0.4) is 0 Å². The van der Waals surface area contributed by atoms with Crippen molar-refractivity contribution < 1.29 is 89.4 Å². The first-order valence-electron chi connectivity index (χ1n) is 51.2. The van der Waals surface area contributed by atoms with Gasteiger partial charge < -0.3 is 72.2 Å². The summed E-state index contributed by atoms with van der Waals surface area (Å²) in [4.78, 5) is 46.5. The van der Waals surface area contributed by atoms with Gasteiger partial charge >= 0.3 is 19.9 Å². The number of nitrogens with one attached hydrogen (secondary N) is 2. The number of hydrogen-bond donors (Lipinski definition) is 3. The number of amides is 2. The molecule has 2 aliphatic heterocycles.